The van der Waals surface area contributed by atoms with E-state index in [1.54, 1.807) is 0 Å². The van der Waals surface area contributed by atoms with Crippen molar-refractivity contribution in [1.29, 1.82) is 0 Å². The monoisotopic (exact) mass is 845 g/mol. The molecule has 0 aliphatic heterocycles. The van der Waals surface area contributed by atoms with Gasteiger partial charge in [0.15, 0.2) is 0 Å². The molecule has 1 unspecified atom stereocenters. The van der Waals surface area contributed by atoms with Crippen molar-refractivity contribution in [3.63, 3.8) is 0 Å². The van der Waals surface area contributed by atoms with E-state index in [9.17, 15) is 0 Å². The summed E-state index contributed by atoms with van der Waals surface area (Å²) in [5.41, 5.74) is 17.0. The zero-order chi connectivity index (χ0) is 43.8. The van der Waals surface area contributed by atoms with Gasteiger partial charge in [0, 0.05) is 50.0 Å². The molecule has 0 radical (unpaired) electrons. The van der Waals surface area contributed by atoms with Gasteiger partial charge in [-0.15, -0.1) is 0 Å². The fourth-order valence-electron chi connectivity index (χ4n) is 10.2. The second-order valence-corrected chi connectivity index (χ2v) is 17.4. The number of aromatic nitrogens is 2. The van der Waals surface area contributed by atoms with Gasteiger partial charge in [-0.05, 0) is 138 Å². The van der Waals surface area contributed by atoms with E-state index in [2.05, 4.69) is 269 Å². The molecular weight excluding hydrogens is 799 g/mol. The summed E-state index contributed by atoms with van der Waals surface area (Å²) >= 11 is 0. The summed E-state index contributed by atoms with van der Waals surface area (Å²) in [5, 5.41) is 5.06. The van der Waals surface area contributed by atoms with E-state index in [0.717, 1.165) is 35.6 Å². The molecule has 0 spiro atoms. The SMILES string of the molecule is c1ccc(C(Cc2ccc(-c3ccc(N(c4ccccc4)c4ccc5c(c4)c4ccccc4n5-c4ccccc4)cc3)cc2)Cc2ccc3c(c2)c2ccccc2n3-c2ccccc2)cc1. The van der Waals surface area contributed by atoms with Crippen LogP contribution in [0.5, 0.6) is 0 Å². The van der Waals surface area contributed by atoms with Crippen LogP contribution in [0.3, 0.4) is 0 Å². The van der Waals surface area contributed by atoms with Gasteiger partial charge in [0.25, 0.3) is 0 Å². The number of rotatable bonds is 11. The Morgan fingerprint density at radius 1 is 0.303 bits per heavy atom. The Bertz CT molecular complexity index is 3610. The quantitative estimate of drug-likeness (QED) is 0.126. The van der Waals surface area contributed by atoms with Crippen LogP contribution in [0.2, 0.25) is 0 Å². The van der Waals surface area contributed by atoms with Crippen molar-refractivity contribution in [1.82, 2.24) is 9.13 Å². The molecule has 66 heavy (non-hydrogen) atoms. The van der Waals surface area contributed by atoms with E-state index in [0.29, 0.717) is 5.92 Å². The molecule has 12 rings (SSSR count). The van der Waals surface area contributed by atoms with Gasteiger partial charge in [-0.2, -0.15) is 0 Å². The van der Waals surface area contributed by atoms with Crippen molar-refractivity contribution in [2.24, 2.45) is 0 Å². The fraction of sp³-hybridized carbons (Fsp3) is 0.0476. The van der Waals surface area contributed by atoms with Crippen molar-refractivity contribution >= 4 is 60.7 Å². The fourth-order valence-corrected chi connectivity index (χ4v) is 10.2. The van der Waals surface area contributed by atoms with E-state index in [1.807, 2.05) is 0 Å². The number of hydrogen-bond acceptors (Lipinski definition) is 1. The minimum Gasteiger partial charge on any atom is -0.310 e. The van der Waals surface area contributed by atoms with Gasteiger partial charge in [-0.3, -0.25) is 0 Å². The van der Waals surface area contributed by atoms with Gasteiger partial charge >= 0.3 is 0 Å². The predicted molar refractivity (Wildman–Crippen MR) is 278 cm³/mol. The van der Waals surface area contributed by atoms with Crippen LogP contribution in [0.4, 0.5) is 17.1 Å². The molecule has 0 fully saturated rings. The highest BCUT2D eigenvalue weighted by molar-refractivity contribution is 6.11. The van der Waals surface area contributed by atoms with Gasteiger partial charge in [0.2, 0.25) is 0 Å². The Morgan fingerprint density at radius 2 is 0.712 bits per heavy atom. The number of nitrogens with zero attached hydrogens (tertiary/aromatic N) is 3. The van der Waals surface area contributed by atoms with Crippen molar-refractivity contribution in [3.05, 3.63) is 271 Å². The standard InChI is InChI=1S/C63H47N3/c1-5-17-47(18-6-1)50(42-46-31-39-62-58(43-46)56-25-13-15-27-60(56)65(62)52-21-9-3-10-22-52)41-45-29-32-48(33-30-45)49-34-36-54(37-35-49)64(51-19-7-2-8-20-51)55-38-40-63-59(44-55)57-26-14-16-28-61(57)66(63)53-23-11-4-12-24-53/h1-40,43-44,50H,41-42H2. The highest BCUT2D eigenvalue weighted by Gasteiger charge is 2.19. The summed E-state index contributed by atoms with van der Waals surface area (Å²) in [6.45, 7) is 0. The molecule has 0 saturated heterocycles. The molecule has 0 bridgehead atoms. The lowest BCUT2D eigenvalue weighted by Crippen LogP contribution is -2.09. The second kappa shape index (κ2) is 17.0. The molecule has 0 saturated carbocycles. The molecule has 0 aliphatic rings. The zero-order valence-electron chi connectivity index (χ0n) is 36.6. The Morgan fingerprint density at radius 3 is 1.30 bits per heavy atom. The van der Waals surface area contributed by atoms with E-state index in [1.165, 1.54) is 77.1 Å². The molecule has 12 aromatic rings. The third-order valence-electron chi connectivity index (χ3n) is 13.3. The predicted octanol–water partition coefficient (Wildman–Crippen LogP) is 16.6. The Hall–Kier alpha value is -8.40. The van der Waals surface area contributed by atoms with Crippen LogP contribution in [-0.2, 0) is 12.8 Å². The highest BCUT2D eigenvalue weighted by Crippen LogP contribution is 2.41. The Kier molecular flexibility index (Phi) is 10.1. The molecule has 3 nitrogen and oxygen atoms in total. The molecule has 0 N–H and O–H groups in total. The third-order valence-corrected chi connectivity index (χ3v) is 13.3. The van der Waals surface area contributed by atoms with E-state index < -0.39 is 0 Å². The minimum absolute atomic E-state index is 0.328. The average Bonchev–Trinajstić information content (AvgIpc) is 3.90. The molecular formula is C63H47N3. The summed E-state index contributed by atoms with van der Waals surface area (Å²) in [4.78, 5) is 2.36. The molecule has 1 atom stereocenters. The zero-order valence-corrected chi connectivity index (χ0v) is 36.6. The van der Waals surface area contributed by atoms with Crippen molar-refractivity contribution < 1.29 is 0 Å². The molecule has 10 aromatic carbocycles. The first kappa shape index (κ1) is 39.2. The maximum Gasteiger partial charge on any atom is 0.0542 e. The number of hydrogen-bond donors (Lipinski definition) is 0. The molecule has 2 heterocycles. The number of benzene rings is 10. The van der Waals surface area contributed by atoms with Crippen LogP contribution < -0.4 is 4.90 Å². The van der Waals surface area contributed by atoms with Crippen LogP contribution in [0.1, 0.15) is 22.6 Å². The average molecular weight is 846 g/mol. The van der Waals surface area contributed by atoms with E-state index in [-0.39, 0.29) is 0 Å². The molecule has 0 aliphatic carbocycles. The lowest BCUT2D eigenvalue weighted by Gasteiger charge is -2.26. The largest absolute Gasteiger partial charge is 0.310 e. The molecule has 3 heteroatoms. The highest BCUT2D eigenvalue weighted by atomic mass is 15.1. The number of anilines is 3. The van der Waals surface area contributed by atoms with Gasteiger partial charge in [-0.1, -0.05) is 164 Å². The molecule has 314 valence electrons. The Balaban J connectivity index is 0.833. The van der Waals surface area contributed by atoms with Gasteiger partial charge in [0.05, 0.1) is 22.1 Å². The van der Waals surface area contributed by atoms with Gasteiger partial charge in [-0.25, -0.2) is 0 Å². The van der Waals surface area contributed by atoms with Crippen LogP contribution in [-0.4, -0.2) is 9.13 Å². The van der Waals surface area contributed by atoms with E-state index >= 15 is 0 Å². The number of fused-ring (bicyclic) bond motifs is 6. The maximum atomic E-state index is 2.43. The molecule has 2 aromatic heterocycles. The van der Waals surface area contributed by atoms with Crippen LogP contribution in [0.15, 0.2) is 255 Å². The van der Waals surface area contributed by atoms with Crippen molar-refractivity contribution in [2.75, 3.05) is 4.90 Å². The summed E-state index contributed by atoms with van der Waals surface area (Å²) < 4.78 is 4.76. The first-order valence-electron chi connectivity index (χ1n) is 23.0. The third kappa shape index (κ3) is 7.21. The molecule has 0 amide bonds. The van der Waals surface area contributed by atoms with Crippen LogP contribution in [0, 0.1) is 0 Å². The summed E-state index contributed by atoms with van der Waals surface area (Å²) in [6, 6.07) is 92.9. The number of para-hydroxylation sites is 5. The lowest BCUT2D eigenvalue weighted by atomic mass is 9.86. The van der Waals surface area contributed by atoms with E-state index in [4.69, 9.17) is 0 Å². The Labute approximate surface area is 385 Å². The minimum atomic E-state index is 0.328. The lowest BCUT2D eigenvalue weighted by molar-refractivity contribution is 0.680. The van der Waals surface area contributed by atoms with Crippen molar-refractivity contribution in [2.45, 2.75) is 18.8 Å². The topological polar surface area (TPSA) is 13.1 Å². The first-order chi connectivity index (χ1) is 32.7. The normalized spacial score (nSPS) is 12.0. The smallest absolute Gasteiger partial charge is 0.0542 e. The first-order valence-corrected chi connectivity index (χ1v) is 23.0. The summed E-state index contributed by atoms with van der Waals surface area (Å²) in [6.07, 6.45) is 1.90. The van der Waals surface area contributed by atoms with Crippen LogP contribution >= 0.6 is 0 Å². The van der Waals surface area contributed by atoms with Gasteiger partial charge in [0.1, 0.15) is 0 Å². The van der Waals surface area contributed by atoms with Gasteiger partial charge < -0.3 is 14.0 Å². The maximum absolute atomic E-state index is 2.43. The summed E-state index contributed by atoms with van der Waals surface area (Å²) in [7, 11) is 0. The summed E-state index contributed by atoms with van der Waals surface area (Å²) in [5.74, 6) is 0.328. The van der Waals surface area contributed by atoms with Crippen molar-refractivity contribution in [3.8, 4) is 22.5 Å². The van der Waals surface area contributed by atoms with Crippen LogP contribution in [0.25, 0.3) is 66.1 Å². The second-order valence-electron chi connectivity index (χ2n) is 17.4.